The van der Waals surface area contributed by atoms with E-state index in [-0.39, 0.29) is 17.8 Å². The molecule has 5 heteroatoms. The molecule has 1 amide bonds. The Morgan fingerprint density at radius 1 is 1.50 bits per heavy atom. The zero-order valence-corrected chi connectivity index (χ0v) is 11.2. The van der Waals surface area contributed by atoms with Crippen molar-refractivity contribution < 1.29 is 4.79 Å². The molecule has 1 aliphatic rings. The van der Waals surface area contributed by atoms with E-state index < -0.39 is 0 Å². The molecule has 0 aliphatic heterocycles. The number of amides is 1. The molecule has 2 N–H and O–H groups in total. The molecule has 100 valence electrons. The Morgan fingerprint density at radius 2 is 2.33 bits per heavy atom. The lowest BCUT2D eigenvalue weighted by Crippen LogP contribution is -2.38. The highest BCUT2D eigenvalue weighted by Gasteiger charge is 2.22. The summed E-state index contributed by atoms with van der Waals surface area (Å²) >= 11 is 0. The molecule has 2 rings (SSSR count). The molecule has 1 fully saturated rings. The van der Waals surface area contributed by atoms with Gasteiger partial charge in [0.25, 0.3) is 5.91 Å². The third-order valence-electron chi connectivity index (χ3n) is 3.49. The molecule has 1 saturated carbocycles. The van der Waals surface area contributed by atoms with Gasteiger partial charge in [-0.05, 0) is 25.2 Å². The number of aromatic nitrogens is 3. The van der Waals surface area contributed by atoms with Crippen LogP contribution in [0.4, 0.5) is 0 Å². The Kier molecular flexibility index (Phi) is 4.33. The van der Waals surface area contributed by atoms with E-state index in [1.165, 1.54) is 12.8 Å². The smallest absolute Gasteiger partial charge is 0.291 e. The fourth-order valence-electron chi connectivity index (χ4n) is 2.56. The van der Waals surface area contributed by atoms with E-state index in [4.69, 9.17) is 0 Å². The molecule has 1 heterocycles. The maximum absolute atomic E-state index is 12.0. The number of H-pyrrole nitrogens is 1. The van der Waals surface area contributed by atoms with Gasteiger partial charge in [-0.15, -0.1) is 5.10 Å². The second-order valence-corrected chi connectivity index (χ2v) is 5.30. The molecule has 2 atom stereocenters. The fraction of sp³-hybridized carbons (Fsp3) is 0.769. The third kappa shape index (κ3) is 3.31. The SMILES string of the molecule is CCCc1nc(C(=O)NC2CCCC(C)C2)n[nH]1. The average Bonchev–Trinajstić information content (AvgIpc) is 2.78. The van der Waals surface area contributed by atoms with Crippen molar-refractivity contribution in [3.8, 4) is 0 Å². The summed E-state index contributed by atoms with van der Waals surface area (Å²) < 4.78 is 0. The van der Waals surface area contributed by atoms with Gasteiger partial charge in [-0.3, -0.25) is 9.89 Å². The molecule has 5 nitrogen and oxygen atoms in total. The van der Waals surface area contributed by atoms with Crippen molar-refractivity contribution in [3.05, 3.63) is 11.6 Å². The number of rotatable bonds is 4. The molecule has 0 aromatic carbocycles. The number of hydrogen-bond donors (Lipinski definition) is 2. The van der Waals surface area contributed by atoms with Crippen LogP contribution in [0.1, 0.15) is 62.4 Å². The highest BCUT2D eigenvalue weighted by atomic mass is 16.2. The van der Waals surface area contributed by atoms with Gasteiger partial charge in [-0.25, -0.2) is 4.98 Å². The van der Waals surface area contributed by atoms with Crippen LogP contribution in [0, 0.1) is 5.92 Å². The molecule has 1 aromatic rings. The molecule has 1 aliphatic carbocycles. The summed E-state index contributed by atoms with van der Waals surface area (Å²) in [6.07, 6.45) is 6.44. The number of carbonyl (C=O) groups is 1. The van der Waals surface area contributed by atoms with Gasteiger partial charge in [0, 0.05) is 12.5 Å². The van der Waals surface area contributed by atoms with E-state index in [1.54, 1.807) is 0 Å². The van der Waals surface area contributed by atoms with E-state index >= 15 is 0 Å². The number of carbonyl (C=O) groups excluding carboxylic acids is 1. The Balaban J connectivity index is 1.90. The van der Waals surface area contributed by atoms with Gasteiger partial charge in [-0.2, -0.15) is 0 Å². The Labute approximate surface area is 108 Å². The fourth-order valence-corrected chi connectivity index (χ4v) is 2.56. The summed E-state index contributed by atoms with van der Waals surface area (Å²) in [4.78, 5) is 16.2. The largest absolute Gasteiger partial charge is 0.347 e. The number of nitrogens with one attached hydrogen (secondary N) is 2. The Bertz CT molecular complexity index is 401. The predicted molar refractivity (Wildman–Crippen MR) is 69.3 cm³/mol. The maximum Gasteiger partial charge on any atom is 0.291 e. The molecule has 18 heavy (non-hydrogen) atoms. The van der Waals surface area contributed by atoms with Crippen molar-refractivity contribution in [2.24, 2.45) is 5.92 Å². The second-order valence-electron chi connectivity index (χ2n) is 5.30. The van der Waals surface area contributed by atoms with Crippen LogP contribution >= 0.6 is 0 Å². The predicted octanol–water partition coefficient (Wildman–Crippen LogP) is 2.07. The molecular formula is C13H22N4O. The van der Waals surface area contributed by atoms with Gasteiger partial charge >= 0.3 is 0 Å². The van der Waals surface area contributed by atoms with Crippen LogP contribution < -0.4 is 5.32 Å². The molecule has 0 radical (unpaired) electrons. The first kappa shape index (κ1) is 13.1. The lowest BCUT2D eigenvalue weighted by molar-refractivity contribution is 0.0911. The summed E-state index contributed by atoms with van der Waals surface area (Å²) in [7, 11) is 0. The van der Waals surface area contributed by atoms with Crippen molar-refractivity contribution in [1.82, 2.24) is 20.5 Å². The van der Waals surface area contributed by atoms with Gasteiger partial charge in [0.2, 0.25) is 5.82 Å². The molecule has 2 unspecified atom stereocenters. The number of aryl methyl sites for hydroxylation is 1. The van der Waals surface area contributed by atoms with Crippen molar-refractivity contribution >= 4 is 5.91 Å². The van der Waals surface area contributed by atoms with Crippen molar-refractivity contribution in [2.75, 3.05) is 0 Å². The van der Waals surface area contributed by atoms with Crippen LogP contribution in [-0.2, 0) is 6.42 Å². The van der Waals surface area contributed by atoms with E-state index in [2.05, 4.69) is 34.3 Å². The second kappa shape index (κ2) is 5.98. The topological polar surface area (TPSA) is 70.7 Å². The lowest BCUT2D eigenvalue weighted by Gasteiger charge is -2.26. The van der Waals surface area contributed by atoms with E-state index in [1.807, 2.05) is 0 Å². The highest BCUT2D eigenvalue weighted by molar-refractivity contribution is 5.90. The molecule has 0 saturated heterocycles. The lowest BCUT2D eigenvalue weighted by atomic mass is 9.87. The first-order valence-corrected chi connectivity index (χ1v) is 6.91. The van der Waals surface area contributed by atoms with Gasteiger partial charge < -0.3 is 5.32 Å². The average molecular weight is 250 g/mol. The minimum Gasteiger partial charge on any atom is -0.347 e. The van der Waals surface area contributed by atoms with Crippen LogP contribution in [0.5, 0.6) is 0 Å². The summed E-state index contributed by atoms with van der Waals surface area (Å²) in [5.41, 5.74) is 0. The van der Waals surface area contributed by atoms with Gasteiger partial charge in [0.15, 0.2) is 0 Å². The maximum atomic E-state index is 12.0. The standard InChI is InChI=1S/C13H22N4O/c1-3-5-11-15-12(17-16-11)13(18)14-10-7-4-6-9(2)8-10/h9-10H,3-8H2,1-2H3,(H,14,18)(H,15,16,17). The van der Waals surface area contributed by atoms with Gasteiger partial charge in [0.05, 0.1) is 0 Å². The zero-order chi connectivity index (χ0) is 13.0. The van der Waals surface area contributed by atoms with Crippen LogP contribution in [0.25, 0.3) is 0 Å². The van der Waals surface area contributed by atoms with Crippen LogP contribution in [0.3, 0.4) is 0 Å². The third-order valence-corrected chi connectivity index (χ3v) is 3.49. The summed E-state index contributed by atoms with van der Waals surface area (Å²) in [5, 5.41) is 9.82. The summed E-state index contributed by atoms with van der Waals surface area (Å²) in [6.45, 7) is 4.32. The number of aromatic amines is 1. The minimum absolute atomic E-state index is 0.146. The van der Waals surface area contributed by atoms with Gasteiger partial charge in [0.1, 0.15) is 5.82 Å². The van der Waals surface area contributed by atoms with Crippen molar-refractivity contribution in [2.45, 2.75) is 58.4 Å². The molecule has 0 spiro atoms. The van der Waals surface area contributed by atoms with Crippen LogP contribution in [-0.4, -0.2) is 27.1 Å². The first-order valence-electron chi connectivity index (χ1n) is 6.91. The van der Waals surface area contributed by atoms with E-state index in [9.17, 15) is 4.79 Å². The number of nitrogens with zero attached hydrogens (tertiary/aromatic N) is 2. The minimum atomic E-state index is -0.146. The molecule has 1 aromatic heterocycles. The van der Waals surface area contributed by atoms with Crippen LogP contribution in [0.15, 0.2) is 0 Å². The Morgan fingerprint density at radius 3 is 3.06 bits per heavy atom. The number of hydrogen-bond acceptors (Lipinski definition) is 3. The first-order chi connectivity index (χ1) is 8.69. The van der Waals surface area contributed by atoms with Gasteiger partial charge in [-0.1, -0.05) is 26.7 Å². The Hall–Kier alpha value is -1.39. The molecular weight excluding hydrogens is 228 g/mol. The normalized spacial score (nSPS) is 23.9. The molecule has 0 bridgehead atoms. The van der Waals surface area contributed by atoms with E-state index in [0.717, 1.165) is 31.5 Å². The monoisotopic (exact) mass is 250 g/mol. The van der Waals surface area contributed by atoms with E-state index in [0.29, 0.717) is 5.92 Å². The summed E-state index contributed by atoms with van der Waals surface area (Å²) in [5.74, 6) is 1.62. The van der Waals surface area contributed by atoms with Crippen LogP contribution in [0.2, 0.25) is 0 Å². The summed E-state index contributed by atoms with van der Waals surface area (Å²) in [6, 6.07) is 0.286. The van der Waals surface area contributed by atoms with Crippen molar-refractivity contribution in [3.63, 3.8) is 0 Å². The van der Waals surface area contributed by atoms with Crippen molar-refractivity contribution in [1.29, 1.82) is 0 Å². The quantitative estimate of drug-likeness (QED) is 0.859. The highest BCUT2D eigenvalue weighted by Crippen LogP contribution is 2.23. The zero-order valence-electron chi connectivity index (χ0n) is 11.2.